The van der Waals surface area contributed by atoms with E-state index < -0.39 is 0 Å². The van der Waals surface area contributed by atoms with Crippen LogP contribution in [0.3, 0.4) is 0 Å². The van der Waals surface area contributed by atoms with Gasteiger partial charge in [0.1, 0.15) is 5.82 Å². The van der Waals surface area contributed by atoms with E-state index in [4.69, 9.17) is 4.98 Å². The van der Waals surface area contributed by atoms with Crippen molar-refractivity contribution >= 4 is 11.8 Å². The summed E-state index contributed by atoms with van der Waals surface area (Å²) in [7, 11) is 0. The number of thioether (sulfide) groups is 1. The van der Waals surface area contributed by atoms with Crippen molar-refractivity contribution in [3.05, 3.63) is 102 Å². The molecule has 0 atom stereocenters. The maximum absolute atomic E-state index is 13.8. The first-order valence-corrected chi connectivity index (χ1v) is 9.77. The largest absolute Gasteiger partial charge is 0.294 e. The van der Waals surface area contributed by atoms with Crippen LogP contribution in [0.15, 0.2) is 90.2 Å². The molecule has 4 heteroatoms. The van der Waals surface area contributed by atoms with Crippen LogP contribution in [0, 0.1) is 12.7 Å². The molecule has 0 N–H and O–H groups in total. The summed E-state index contributed by atoms with van der Waals surface area (Å²) in [4.78, 5) is 4.83. The van der Waals surface area contributed by atoms with Gasteiger partial charge in [-0.15, -0.1) is 0 Å². The first-order valence-electron chi connectivity index (χ1n) is 8.78. The normalized spacial score (nSPS) is 10.9. The monoisotopic (exact) mass is 374 g/mol. The Labute approximate surface area is 162 Å². The van der Waals surface area contributed by atoms with E-state index in [0.717, 1.165) is 27.9 Å². The molecule has 0 spiro atoms. The quantitative estimate of drug-likeness (QED) is 0.383. The zero-order chi connectivity index (χ0) is 18.6. The third-order valence-corrected chi connectivity index (χ3v) is 5.30. The highest BCUT2D eigenvalue weighted by atomic mass is 32.2. The molecule has 2 nitrogen and oxygen atoms in total. The Kier molecular flexibility index (Phi) is 5.07. The zero-order valence-corrected chi connectivity index (χ0v) is 15.8. The number of aromatic nitrogens is 2. The first-order chi connectivity index (χ1) is 13.2. The fourth-order valence-electron chi connectivity index (χ4n) is 2.97. The molecule has 0 unspecified atom stereocenters. The van der Waals surface area contributed by atoms with Crippen LogP contribution in [0.25, 0.3) is 16.9 Å². The van der Waals surface area contributed by atoms with Crippen molar-refractivity contribution in [2.75, 3.05) is 0 Å². The Morgan fingerprint density at radius 1 is 0.926 bits per heavy atom. The molecule has 3 aromatic carbocycles. The van der Waals surface area contributed by atoms with E-state index in [1.54, 1.807) is 17.8 Å². The van der Waals surface area contributed by atoms with E-state index in [-0.39, 0.29) is 5.82 Å². The summed E-state index contributed by atoms with van der Waals surface area (Å²) in [5.41, 5.74) is 5.19. The highest BCUT2D eigenvalue weighted by Gasteiger charge is 2.12. The highest BCUT2D eigenvalue weighted by Crippen LogP contribution is 2.29. The minimum Gasteiger partial charge on any atom is -0.294 e. The van der Waals surface area contributed by atoms with Crippen LogP contribution in [0.1, 0.15) is 11.1 Å². The molecule has 0 radical (unpaired) electrons. The predicted molar refractivity (Wildman–Crippen MR) is 110 cm³/mol. The molecule has 0 saturated heterocycles. The Bertz CT molecular complexity index is 1060. The van der Waals surface area contributed by atoms with Gasteiger partial charge in [0.25, 0.3) is 0 Å². The average Bonchev–Trinajstić information content (AvgIpc) is 3.11. The maximum Gasteiger partial charge on any atom is 0.173 e. The van der Waals surface area contributed by atoms with E-state index in [1.165, 1.54) is 23.3 Å². The van der Waals surface area contributed by atoms with Gasteiger partial charge in [-0.05, 0) is 30.7 Å². The topological polar surface area (TPSA) is 17.8 Å². The van der Waals surface area contributed by atoms with Gasteiger partial charge in [-0.3, -0.25) is 4.57 Å². The van der Waals surface area contributed by atoms with Crippen molar-refractivity contribution in [1.29, 1.82) is 0 Å². The van der Waals surface area contributed by atoms with Crippen molar-refractivity contribution in [2.24, 2.45) is 0 Å². The Hall–Kier alpha value is -2.85. The van der Waals surface area contributed by atoms with Gasteiger partial charge >= 0.3 is 0 Å². The van der Waals surface area contributed by atoms with Crippen molar-refractivity contribution in [3.63, 3.8) is 0 Å². The second-order valence-corrected chi connectivity index (χ2v) is 7.34. The minimum atomic E-state index is -0.253. The summed E-state index contributed by atoms with van der Waals surface area (Å²) >= 11 is 1.65. The Balaban J connectivity index is 1.71. The first kappa shape index (κ1) is 17.6. The lowest BCUT2D eigenvalue weighted by Gasteiger charge is -2.08. The molecule has 4 aromatic rings. The Morgan fingerprint density at radius 2 is 1.74 bits per heavy atom. The fraction of sp³-hybridized carbons (Fsp3) is 0.0870. The molecule has 0 bridgehead atoms. The maximum atomic E-state index is 13.8. The fourth-order valence-corrected chi connectivity index (χ4v) is 3.91. The van der Waals surface area contributed by atoms with E-state index in [0.29, 0.717) is 0 Å². The van der Waals surface area contributed by atoms with Gasteiger partial charge < -0.3 is 0 Å². The molecule has 134 valence electrons. The Morgan fingerprint density at radius 3 is 2.52 bits per heavy atom. The van der Waals surface area contributed by atoms with Gasteiger partial charge in [-0.25, -0.2) is 9.37 Å². The smallest absolute Gasteiger partial charge is 0.173 e. The molecule has 0 aliphatic rings. The van der Waals surface area contributed by atoms with E-state index in [1.807, 2.05) is 47.2 Å². The number of halogens is 1. The molecular weight excluding hydrogens is 355 g/mol. The summed E-state index contributed by atoms with van der Waals surface area (Å²) in [6.45, 7) is 2.09. The molecule has 27 heavy (non-hydrogen) atoms. The number of hydrogen-bond acceptors (Lipinski definition) is 2. The number of aryl methyl sites for hydroxylation is 1. The van der Waals surface area contributed by atoms with Crippen LogP contribution in [0.5, 0.6) is 0 Å². The predicted octanol–water partition coefficient (Wildman–Crippen LogP) is 6.28. The molecule has 0 saturated carbocycles. The molecule has 0 amide bonds. The van der Waals surface area contributed by atoms with Gasteiger partial charge in [0, 0.05) is 17.5 Å². The van der Waals surface area contributed by atoms with E-state index in [2.05, 4.69) is 31.2 Å². The summed E-state index contributed by atoms with van der Waals surface area (Å²) < 4.78 is 15.7. The number of rotatable bonds is 5. The van der Waals surface area contributed by atoms with Crippen molar-refractivity contribution in [1.82, 2.24) is 9.55 Å². The van der Waals surface area contributed by atoms with Gasteiger partial charge in [-0.1, -0.05) is 78.0 Å². The molecule has 0 aliphatic carbocycles. The van der Waals surface area contributed by atoms with Crippen molar-refractivity contribution < 1.29 is 4.39 Å². The second kappa shape index (κ2) is 7.80. The summed E-state index contributed by atoms with van der Waals surface area (Å²) in [6.07, 6.45) is 1.97. The van der Waals surface area contributed by atoms with Gasteiger partial charge in [0.05, 0.1) is 11.4 Å². The average molecular weight is 374 g/mol. The van der Waals surface area contributed by atoms with Crippen molar-refractivity contribution in [2.45, 2.75) is 17.8 Å². The summed E-state index contributed by atoms with van der Waals surface area (Å²) in [5, 5.41) is 0.848. The summed E-state index contributed by atoms with van der Waals surface area (Å²) in [5.74, 6) is 0.555. The third-order valence-electron chi connectivity index (χ3n) is 4.28. The lowest BCUT2D eigenvalue weighted by Crippen LogP contribution is -1.96. The number of benzene rings is 3. The third kappa shape index (κ3) is 4.12. The van der Waals surface area contributed by atoms with Crippen LogP contribution < -0.4 is 0 Å². The molecule has 1 aromatic heterocycles. The molecule has 0 fully saturated rings. The zero-order valence-electron chi connectivity index (χ0n) is 15.0. The number of imidazole rings is 1. The van der Waals surface area contributed by atoms with E-state index in [9.17, 15) is 4.39 Å². The molecule has 0 aliphatic heterocycles. The SMILES string of the molecule is Cc1cccc(CSc2nc(-c3ccccc3)cn2-c2cccc(F)c2)c1. The number of hydrogen-bond donors (Lipinski definition) is 0. The molecule has 4 rings (SSSR count). The van der Waals surface area contributed by atoms with Crippen molar-refractivity contribution in [3.8, 4) is 16.9 Å². The number of nitrogens with zero attached hydrogens (tertiary/aromatic N) is 2. The van der Waals surface area contributed by atoms with Gasteiger partial charge in [0.2, 0.25) is 0 Å². The van der Waals surface area contributed by atoms with Crippen LogP contribution >= 0.6 is 11.8 Å². The lowest BCUT2D eigenvalue weighted by molar-refractivity contribution is 0.626. The van der Waals surface area contributed by atoms with Crippen LogP contribution in [-0.4, -0.2) is 9.55 Å². The minimum absolute atomic E-state index is 0.253. The summed E-state index contributed by atoms with van der Waals surface area (Å²) in [6, 6.07) is 25.1. The van der Waals surface area contributed by atoms with Gasteiger partial charge in [-0.2, -0.15) is 0 Å². The molecule has 1 heterocycles. The van der Waals surface area contributed by atoms with Crippen LogP contribution in [0.2, 0.25) is 0 Å². The van der Waals surface area contributed by atoms with Crippen LogP contribution in [-0.2, 0) is 5.75 Å². The van der Waals surface area contributed by atoms with E-state index >= 15 is 0 Å². The molecular formula is C23H19FN2S. The standard InChI is InChI=1S/C23H19FN2S/c1-17-7-5-8-18(13-17)16-27-23-25-22(19-9-3-2-4-10-19)15-26(23)21-12-6-11-20(24)14-21/h2-15H,16H2,1H3. The second-order valence-electron chi connectivity index (χ2n) is 6.40. The lowest BCUT2D eigenvalue weighted by atomic mass is 10.2. The van der Waals surface area contributed by atoms with Gasteiger partial charge in [0.15, 0.2) is 5.16 Å². The highest BCUT2D eigenvalue weighted by molar-refractivity contribution is 7.98. The van der Waals surface area contributed by atoms with Crippen LogP contribution in [0.4, 0.5) is 4.39 Å².